The van der Waals surface area contributed by atoms with E-state index in [0.29, 0.717) is 12.4 Å². The zero-order chi connectivity index (χ0) is 13.5. The van der Waals surface area contributed by atoms with Crippen molar-refractivity contribution >= 4 is 5.82 Å². The standard InChI is InChI=1S/C15H19N3O/c1-2-3-10-16-14-9-11-18(15(19)17-14)12-13-7-5-4-6-8-13/h4-9,11H,2-3,10,12H2,1H3,(H,16,17,19). The van der Waals surface area contributed by atoms with Gasteiger partial charge in [-0.1, -0.05) is 43.7 Å². The number of aromatic nitrogens is 2. The van der Waals surface area contributed by atoms with Crippen LogP contribution in [0.4, 0.5) is 5.82 Å². The first-order valence-electron chi connectivity index (χ1n) is 6.65. The fraction of sp³-hybridized carbons (Fsp3) is 0.333. The van der Waals surface area contributed by atoms with Crippen LogP contribution in [0.15, 0.2) is 47.4 Å². The van der Waals surface area contributed by atoms with Crippen molar-refractivity contribution in [1.82, 2.24) is 9.55 Å². The van der Waals surface area contributed by atoms with E-state index in [0.717, 1.165) is 24.9 Å². The zero-order valence-corrected chi connectivity index (χ0v) is 11.2. The Balaban J connectivity index is 2.05. The molecule has 0 amide bonds. The number of hydrogen-bond acceptors (Lipinski definition) is 3. The van der Waals surface area contributed by atoms with Gasteiger partial charge in [-0.15, -0.1) is 0 Å². The lowest BCUT2D eigenvalue weighted by molar-refractivity contribution is 0.726. The summed E-state index contributed by atoms with van der Waals surface area (Å²) < 4.78 is 1.61. The number of unbranched alkanes of at least 4 members (excludes halogenated alkanes) is 1. The molecule has 1 heterocycles. The van der Waals surface area contributed by atoms with E-state index in [-0.39, 0.29) is 5.69 Å². The van der Waals surface area contributed by atoms with Crippen molar-refractivity contribution in [3.05, 3.63) is 58.6 Å². The molecule has 2 rings (SSSR count). The second kappa shape index (κ2) is 6.73. The van der Waals surface area contributed by atoms with Crippen molar-refractivity contribution in [3.8, 4) is 0 Å². The molecule has 4 nitrogen and oxygen atoms in total. The van der Waals surface area contributed by atoms with Crippen LogP contribution in [0.1, 0.15) is 25.3 Å². The van der Waals surface area contributed by atoms with E-state index in [9.17, 15) is 4.79 Å². The van der Waals surface area contributed by atoms with Crippen molar-refractivity contribution in [2.45, 2.75) is 26.3 Å². The maximum absolute atomic E-state index is 11.9. The molecule has 1 aromatic carbocycles. The molecular formula is C15H19N3O. The predicted molar refractivity (Wildman–Crippen MR) is 77.4 cm³/mol. The molecule has 0 unspecified atom stereocenters. The first-order valence-corrected chi connectivity index (χ1v) is 6.65. The van der Waals surface area contributed by atoms with Gasteiger partial charge in [-0.3, -0.25) is 4.57 Å². The smallest absolute Gasteiger partial charge is 0.349 e. The highest BCUT2D eigenvalue weighted by molar-refractivity contribution is 5.31. The minimum atomic E-state index is -0.217. The lowest BCUT2D eigenvalue weighted by Crippen LogP contribution is -2.24. The second-order valence-corrected chi connectivity index (χ2v) is 4.49. The highest BCUT2D eigenvalue weighted by Crippen LogP contribution is 2.02. The van der Waals surface area contributed by atoms with E-state index in [4.69, 9.17) is 0 Å². The molecule has 0 spiro atoms. The van der Waals surface area contributed by atoms with Crippen molar-refractivity contribution < 1.29 is 0 Å². The molecule has 19 heavy (non-hydrogen) atoms. The Morgan fingerprint density at radius 3 is 2.68 bits per heavy atom. The summed E-state index contributed by atoms with van der Waals surface area (Å²) >= 11 is 0. The summed E-state index contributed by atoms with van der Waals surface area (Å²) in [6.45, 7) is 3.54. The fourth-order valence-corrected chi connectivity index (χ4v) is 1.82. The van der Waals surface area contributed by atoms with Crippen molar-refractivity contribution in [2.24, 2.45) is 0 Å². The molecule has 4 heteroatoms. The van der Waals surface area contributed by atoms with Gasteiger partial charge in [0.2, 0.25) is 0 Å². The van der Waals surface area contributed by atoms with Crippen LogP contribution >= 0.6 is 0 Å². The molecule has 2 aromatic rings. The number of nitrogens with one attached hydrogen (secondary N) is 1. The Labute approximate surface area is 113 Å². The third-order valence-corrected chi connectivity index (χ3v) is 2.91. The molecule has 0 aliphatic heterocycles. The molecule has 100 valence electrons. The average Bonchev–Trinajstić information content (AvgIpc) is 2.43. The molecule has 0 aliphatic carbocycles. The predicted octanol–water partition coefficient (Wildman–Crippen LogP) is 2.50. The van der Waals surface area contributed by atoms with E-state index in [1.807, 2.05) is 36.4 Å². The Bertz CT molecular complexity index is 563. The van der Waals surface area contributed by atoms with Gasteiger partial charge in [-0.25, -0.2) is 4.79 Å². The van der Waals surface area contributed by atoms with E-state index in [1.54, 1.807) is 10.8 Å². The average molecular weight is 257 g/mol. The Kier molecular flexibility index (Phi) is 4.72. The second-order valence-electron chi connectivity index (χ2n) is 4.49. The van der Waals surface area contributed by atoms with E-state index in [1.165, 1.54) is 0 Å². The molecule has 0 aliphatic rings. The zero-order valence-electron chi connectivity index (χ0n) is 11.2. The lowest BCUT2D eigenvalue weighted by Gasteiger charge is -2.07. The molecule has 1 aromatic heterocycles. The molecule has 1 N–H and O–H groups in total. The Morgan fingerprint density at radius 1 is 1.21 bits per heavy atom. The molecule has 0 fully saturated rings. The van der Waals surface area contributed by atoms with Gasteiger partial charge in [0.25, 0.3) is 0 Å². The Morgan fingerprint density at radius 2 is 2.00 bits per heavy atom. The fourth-order valence-electron chi connectivity index (χ4n) is 1.82. The summed E-state index contributed by atoms with van der Waals surface area (Å²) in [6.07, 6.45) is 3.99. The van der Waals surface area contributed by atoms with E-state index < -0.39 is 0 Å². The first kappa shape index (κ1) is 13.3. The van der Waals surface area contributed by atoms with Crippen LogP contribution in [0, 0.1) is 0 Å². The van der Waals surface area contributed by atoms with Crippen LogP contribution in [0.2, 0.25) is 0 Å². The maximum Gasteiger partial charge on any atom is 0.349 e. The molecule has 0 radical (unpaired) electrons. The number of anilines is 1. The third kappa shape index (κ3) is 3.95. The van der Waals surface area contributed by atoms with Crippen LogP contribution < -0.4 is 11.0 Å². The van der Waals surface area contributed by atoms with Crippen LogP contribution in [-0.4, -0.2) is 16.1 Å². The molecule has 0 saturated heterocycles. The third-order valence-electron chi connectivity index (χ3n) is 2.91. The van der Waals surface area contributed by atoms with Gasteiger partial charge < -0.3 is 5.32 Å². The van der Waals surface area contributed by atoms with Crippen LogP contribution in [0.3, 0.4) is 0 Å². The number of hydrogen-bond donors (Lipinski definition) is 1. The van der Waals surface area contributed by atoms with E-state index >= 15 is 0 Å². The summed E-state index contributed by atoms with van der Waals surface area (Å²) in [5.41, 5.74) is 0.878. The summed E-state index contributed by atoms with van der Waals surface area (Å²) in [6, 6.07) is 11.7. The normalized spacial score (nSPS) is 10.4. The van der Waals surface area contributed by atoms with Gasteiger partial charge in [0.15, 0.2) is 0 Å². The SMILES string of the molecule is CCCCNc1ccn(Cc2ccccc2)c(=O)n1. The highest BCUT2D eigenvalue weighted by atomic mass is 16.1. The number of nitrogens with zero attached hydrogens (tertiary/aromatic N) is 2. The van der Waals surface area contributed by atoms with Crippen molar-refractivity contribution in [1.29, 1.82) is 0 Å². The van der Waals surface area contributed by atoms with Crippen molar-refractivity contribution in [2.75, 3.05) is 11.9 Å². The largest absolute Gasteiger partial charge is 0.370 e. The molecule has 0 atom stereocenters. The summed E-state index contributed by atoms with van der Waals surface area (Å²) in [5.74, 6) is 0.655. The Hall–Kier alpha value is -2.10. The maximum atomic E-state index is 11.9. The van der Waals surface area contributed by atoms with Gasteiger partial charge in [0, 0.05) is 12.7 Å². The number of benzene rings is 1. The minimum absolute atomic E-state index is 0.217. The monoisotopic (exact) mass is 257 g/mol. The quantitative estimate of drug-likeness (QED) is 0.809. The van der Waals surface area contributed by atoms with Gasteiger partial charge in [0.1, 0.15) is 5.82 Å². The van der Waals surface area contributed by atoms with Crippen LogP contribution in [0.25, 0.3) is 0 Å². The molecule has 0 bridgehead atoms. The summed E-state index contributed by atoms with van der Waals surface area (Å²) in [4.78, 5) is 15.9. The highest BCUT2D eigenvalue weighted by Gasteiger charge is 2.00. The van der Waals surface area contributed by atoms with E-state index in [2.05, 4.69) is 17.2 Å². The summed E-state index contributed by atoms with van der Waals surface area (Å²) in [5, 5.41) is 3.15. The van der Waals surface area contributed by atoms with Gasteiger partial charge in [-0.2, -0.15) is 4.98 Å². The molecule has 0 saturated carbocycles. The van der Waals surface area contributed by atoms with Crippen molar-refractivity contribution in [3.63, 3.8) is 0 Å². The first-order chi connectivity index (χ1) is 9.29. The topological polar surface area (TPSA) is 46.9 Å². The minimum Gasteiger partial charge on any atom is -0.370 e. The number of rotatable bonds is 6. The van der Waals surface area contributed by atoms with Crippen LogP contribution in [0.5, 0.6) is 0 Å². The van der Waals surface area contributed by atoms with Crippen LogP contribution in [-0.2, 0) is 6.54 Å². The van der Waals surface area contributed by atoms with Gasteiger partial charge in [-0.05, 0) is 18.1 Å². The van der Waals surface area contributed by atoms with Gasteiger partial charge in [0.05, 0.1) is 6.54 Å². The summed E-state index contributed by atoms with van der Waals surface area (Å²) in [7, 11) is 0. The van der Waals surface area contributed by atoms with Gasteiger partial charge >= 0.3 is 5.69 Å². The molecular weight excluding hydrogens is 238 g/mol. The lowest BCUT2D eigenvalue weighted by atomic mass is 10.2.